The van der Waals surface area contributed by atoms with Crippen molar-refractivity contribution in [3.63, 3.8) is 0 Å². The highest BCUT2D eigenvalue weighted by Crippen LogP contribution is 2.30. The molecule has 0 saturated heterocycles. The van der Waals surface area contributed by atoms with Crippen molar-refractivity contribution >= 4 is 40.5 Å². The topological polar surface area (TPSA) is 76.2 Å². The molecule has 0 aliphatic carbocycles. The summed E-state index contributed by atoms with van der Waals surface area (Å²) in [5.74, 6) is 0.153. The third-order valence-corrected chi connectivity index (χ3v) is 3.80. The molecule has 0 saturated carbocycles. The maximum atomic E-state index is 11.0. The van der Waals surface area contributed by atoms with E-state index in [9.17, 15) is 15.4 Å². The zero-order chi connectivity index (χ0) is 17.0. The standard InChI is InChI=1S/C16H10Cl2N2O3/c1-23-16-5-2-10(7-15(16)20(21)22)6-12(9-19)11-3-4-13(17)14(18)8-11/h2-8H,1H3/b12-6-. The minimum absolute atomic E-state index is 0.153. The number of nitrogens with zero attached hydrogens (tertiary/aromatic N) is 2. The number of hydrogen-bond acceptors (Lipinski definition) is 4. The highest BCUT2D eigenvalue weighted by atomic mass is 35.5. The Morgan fingerprint density at radius 1 is 1.26 bits per heavy atom. The van der Waals surface area contributed by atoms with Crippen LogP contribution in [0.3, 0.4) is 0 Å². The maximum Gasteiger partial charge on any atom is 0.311 e. The van der Waals surface area contributed by atoms with Gasteiger partial charge in [-0.1, -0.05) is 35.3 Å². The quantitative estimate of drug-likeness (QED) is 0.338. The van der Waals surface area contributed by atoms with Crippen molar-refractivity contribution in [2.24, 2.45) is 0 Å². The molecule has 7 heteroatoms. The molecule has 0 amide bonds. The Kier molecular flexibility index (Phi) is 5.22. The predicted molar refractivity (Wildman–Crippen MR) is 89.6 cm³/mol. The predicted octanol–water partition coefficient (Wildman–Crippen LogP) is 4.97. The van der Waals surface area contributed by atoms with Crippen molar-refractivity contribution in [2.75, 3.05) is 7.11 Å². The number of ether oxygens (including phenoxy) is 1. The molecule has 0 radical (unpaired) electrons. The van der Waals surface area contributed by atoms with E-state index in [0.29, 0.717) is 26.7 Å². The Bertz CT molecular complexity index is 842. The number of allylic oxidation sites excluding steroid dienone is 1. The summed E-state index contributed by atoms with van der Waals surface area (Å²) in [4.78, 5) is 10.5. The molecule has 2 rings (SSSR count). The van der Waals surface area contributed by atoms with Gasteiger partial charge in [0.25, 0.3) is 0 Å². The summed E-state index contributed by atoms with van der Waals surface area (Å²) in [6, 6.07) is 11.3. The lowest BCUT2D eigenvalue weighted by Gasteiger charge is -2.04. The van der Waals surface area contributed by atoms with Gasteiger partial charge in [-0.25, -0.2) is 0 Å². The number of hydrogen-bond donors (Lipinski definition) is 0. The van der Waals surface area contributed by atoms with Gasteiger partial charge in [-0.3, -0.25) is 10.1 Å². The molecule has 0 heterocycles. The normalized spacial score (nSPS) is 11.0. The SMILES string of the molecule is COc1ccc(/C=C(/C#N)c2ccc(Cl)c(Cl)c2)cc1[N+](=O)[O-]. The van der Waals surface area contributed by atoms with Gasteiger partial charge in [0.15, 0.2) is 5.75 Å². The second kappa shape index (κ2) is 7.14. The van der Waals surface area contributed by atoms with Crippen molar-refractivity contribution in [3.8, 4) is 11.8 Å². The molecule has 0 N–H and O–H groups in total. The number of nitro groups is 1. The van der Waals surface area contributed by atoms with Crippen LogP contribution in [0.25, 0.3) is 11.6 Å². The minimum atomic E-state index is -0.540. The van der Waals surface area contributed by atoms with E-state index in [0.717, 1.165) is 0 Å². The van der Waals surface area contributed by atoms with Crippen molar-refractivity contribution in [2.45, 2.75) is 0 Å². The molecule has 0 atom stereocenters. The number of nitriles is 1. The molecule has 0 fully saturated rings. The fourth-order valence-electron chi connectivity index (χ4n) is 1.95. The number of rotatable bonds is 4. The summed E-state index contributed by atoms with van der Waals surface area (Å²) >= 11 is 11.8. The van der Waals surface area contributed by atoms with E-state index in [2.05, 4.69) is 0 Å². The van der Waals surface area contributed by atoms with Crippen LogP contribution < -0.4 is 4.74 Å². The van der Waals surface area contributed by atoms with Crippen LogP contribution >= 0.6 is 23.2 Å². The zero-order valence-electron chi connectivity index (χ0n) is 11.9. The molecule has 0 spiro atoms. The average molecular weight is 349 g/mol. The number of halogens is 2. The van der Waals surface area contributed by atoms with Gasteiger partial charge >= 0.3 is 5.69 Å². The first-order valence-corrected chi connectivity index (χ1v) is 7.11. The van der Waals surface area contributed by atoms with E-state index >= 15 is 0 Å². The lowest BCUT2D eigenvalue weighted by Crippen LogP contribution is -1.94. The summed E-state index contributed by atoms with van der Waals surface area (Å²) in [5.41, 5.74) is 1.20. The Morgan fingerprint density at radius 3 is 2.57 bits per heavy atom. The van der Waals surface area contributed by atoms with E-state index in [1.807, 2.05) is 6.07 Å². The van der Waals surface area contributed by atoms with Crippen LogP contribution in [0.4, 0.5) is 5.69 Å². The van der Waals surface area contributed by atoms with Crippen LogP contribution in [-0.4, -0.2) is 12.0 Å². The van der Waals surface area contributed by atoms with Gasteiger partial charge < -0.3 is 4.74 Å². The number of benzene rings is 2. The Morgan fingerprint density at radius 2 is 2.00 bits per heavy atom. The molecule has 5 nitrogen and oxygen atoms in total. The van der Waals surface area contributed by atoms with Crippen LogP contribution in [0.1, 0.15) is 11.1 Å². The summed E-state index contributed by atoms with van der Waals surface area (Å²) in [6.45, 7) is 0. The van der Waals surface area contributed by atoms with Gasteiger partial charge in [0.1, 0.15) is 0 Å². The van der Waals surface area contributed by atoms with E-state index < -0.39 is 4.92 Å². The highest BCUT2D eigenvalue weighted by Gasteiger charge is 2.15. The highest BCUT2D eigenvalue weighted by molar-refractivity contribution is 6.42. The summed E-state index contributed by atoms with van der Waals surface area (Å²) in [5, 5.41) is 21.1. The first-order chi connectivity index (χ1) is 11.0. The van der Waals surface area contributed by atoms with E-state index in [1.165, 1.54) is 25.3 Å². The fraction of sp³-hybridized carbons (Fsp3) is 0.0625. The molecule has 0 bridgehead atoms. The average Bonchev–Trinajstić information content (AvgIpc) is 2.55. The van der Waals surface area contributed by atoms with Crippen molar-refractivity contribution in [1.82, 2.24) is 0 Å². The Balaban J connectivity index is 2.50. The third-order valence-electron chi connectivity index (χ3n) is 3.06. The van der Waals surface area contributed by atoms with Gasteiger partial charge in [-0.2, -0.15) is 5.26 Å². The van der Waals surface area contributed by atoms with Crippen molar-refractivity contribution in [3.05, 3.63) is 67.7 Å². The summed E-state index contributed by atoms with van der Waals surface area (Å²) < 4.78 is 4.95. The fourth-order valence-corrected chi connectivity index (χ4v) is 2.25. The second-order valence-corrected chi connectivity index (χ2v) is 5.30. The molecule has 2 aromatic carbocycles. The van der Waals surface area contributed by atoms with E-state index in [4.69, 9.17) is 27.9 Å². The first-order valence-electron chi connectivity index (χ1n) is 6.36. The lowest BCUT2D eigenvalue weighted by atomic mass is 10.0. The van der Waals surface area contributed by atoms with Crippen molar-refractivity contribution < 1.29 is 9.66 Å². The largest absolute Gasteiger partial charge is 0.490 e. The van der Waals surface area contributed by atoms with Gasteiger partial charge in [-0.05, 0) is 35.4 Å². The molecular weight excluding hydrogens is 339 g/mol. The van der Waals surface area contributed by atoms with Crippen LogP contribution in [0.2, 0.25) is 10.0 Å². The molecule has 0 aromatic heterocycles. The number of nitro benzene ring substituents is 1. The van der Waals surface area contributed by atoms with Gasteiger partial charge in [-0.15, -0.1) is 0 Å². The minimum Gasteiger partial charge on any atom is -0.490 e. The molecule has 0 unspecified atom stereocenters. The van der Waals surface area contributed by atoms with E-state index in [-0.39, 0.29) is 11.4 Å². The Labute approximate surface area is 142 Å². The summed E-state index contributed by atoms with van der Waals surface area (Å²) in [6.07, 6.45) is 1.53. The van der Waals surface area contributed by atoms with Crippen LogP contribution in [0.5, 0.6) is 5.75 Å². The lowest BCUT2D eigenvalue weighted by molar-refractivity contribution is -0.385. The molecule has 0 aliphatic rings. The van der Waals surface area contributed by atoms with Crippen LogP contribution in [0, 0.1) is 21.4 Å². The molecule has 23 heavy (non-hydrogen) atoms. The monoisotopic (exact) mass is 348 g/mol. The molecule has 0 aliphatic heterocycles. The van der Waals surface area contributed by atoms with Crippen LogP contribution in [0.15, 0.2) is 36.4 Å². The maximum absolute atomic E-state index is 11.0. The van der Waals surface area contributed by atoms with Crippen molar-refractivity contribution in [1.29, 1.82) is 5.26 Å². The molecular formula is C16H10Cl2N2O3. The molecule has 116 valence electrons. The van der Waals surface area contributed by atoms with Crippen LogP contribution in [-0.2, 0) is 0 Å². The smallest absolute Gasteiger partial charge is 0.311 e. The molecule has 2 aromatic rings. The first kappa shape index (κ1) is 16.8. The second-order valence-electron chi connectivity index (χ2n) is 4.49. The zero-order valence-corrected chi connectivity index (χ0v) is 13.4. The summed E-state index contributed by atoms with van der Waals surface area (Å²) in [7, 11) is 1.36. The van der Waals surface area contributed by atoms with E-state index in [1.54, 1.807) is 24.3 Å². The van der Waals surface area contributed by atoms with Gasteiger partial charge in [0, 0.05) is 6.07 Å². The Hall–Kier alpha value is -2.55. The van der Waals surface area contributed by atoms with Gasteiger partial charge in [0.2, 0.25) is 0 Å². The third kappa shape index (κ3) is 3.81. The number of methoxy groups -OCH3 is 1. The van der Waals surface area contributed by atoms with Gasteiger partial charge in [0.05, 0.1) is 33.7 Å².